The largest absolute Gasteiger partial charge is 0.496 e. The molecule has 0 amide bonds. The summed E-state index contributed by atoms with van der Waals surface area (Å²) in [6.07, 6.45) is -9.91. The van der Waals surface area contributed by atoms with Crippen LogP contribution in [0.4, 0.5) is 26.3 Å². The number of hydrogen-bond donors (Lipinski definition) is 1. The van der Waals surface area contributed by atoms with Crippen molar-refractivity contribution in [3.8, 4) is 11.5 Å². The lowest BCUT2D eigenvalue weighted by molar-refractivity contribution is -0.324. The molecule has 0 heterocycles. The van der Waals surface area contributed by atoms with Gasteiger partial charge in [0.15, 0.2) is 18.4 Å². The monoisotopic (exact) mass is 342 g/mol. The SMILES string of the molecule is COc1ccc(OC2CC(F)(F)C2(F)F)c2c1[C@H](O)[C@H](F)[C@@H]2F. The number of aliphatic hydroxyl groups is 1. The first-order valence-corrected chi connectivity index (χ1v) is 6.71. The maximum atomic E-state index is 14.0. The second-order valence-electron chi connectivity index (χ2n) is 5.52. The van der Waals surface area contributed by atoms with Gasteiger partial charge in [-0.1, -0.05) is 0 Å². The van der Waals surface area contributed by atoms with Gasteiger partial charge in [0.2, 0.25) is 0 Å². The topological polar surface area (TPSA) is 38.7 Å². The number of hydrogen-bond acceptors (Lipinski definition) is 3. The van der Waals surface area contributed by atoms with E-state index < -0.39 is 54.1 Å². The van der Waals surface area contributed by atoms with Gasteiger partial charge in [0.1, 0.15) is 17.6 Å². The first-order chi connectivity index (χ1) is 10.6. The van der Waals surface area contributed by atoms with E-state index in [0.717, 1.165) is 12.1 Å². The van der Waals surface area contributed by atoms with Crippen molar-refractivity contribution in [1.82, 2.24) is 0 Å². The van der Waals surface area contributed by atoms with Crippen LogP contribution in [0.3, 0.4) is 0 Å². The van der Waals surface area contributed by atoms with Crippen LogP contribution in [0, 0.1) is 0 Å². The highest BCUT2D eigenvalue weighted by Gasteiger charge is 2.73. The molecule has 1 fully saturated rings. The standard InChI is InChI=1S/C14H12F6O3/c1-22-5-2-3-6(8-9(5)12(21)11(16)10(8)15)23-7-4-13(17,18)14(7,19)20/h2-3,7,10-12,21H,4H2,1H3/t7?,10-,11-,12+/m1/s1. The van der Waals surface area contributed by atoms with Gasteiger partial charge in [-0.05, 0) is 12.1 Å². The quantitative estimate of drug-likeness (QED) is 0.855. The van der Waals surface area contributed by atoms with Crippen LogP contribution in [0.5, 0.6) is 11.5 Å². The molecule has 0 spiro atoms. The maximum absolute atomic E-state index is 14.0. The van der Waals surface area contributed by atoms with E-state index in [9.17, 15) is 31.4 Å². The van der Waals surface area contributed by atoms with Gasteiger partial charge in [0.05, 0.1) is 13.5 Å². The fourth-order valence-electron chi connectivity index (χ4n) is 2.82. The molecule has 1 unspecified atom stereocenters. The Morgan fingerprint density at radius 3 is 2.22 bits per heavy atom. The van der Waals surface area contributed by atoms with Gasteiger partial charge in [0.25, 0.3) is 0 Å². The Morgan fingerprint density at radius 1 is 1.09 bits per heavy atom. The van der Waals surface area contributed by atoms with Gasteiger partial charge in [-0.2, -0.15) is 17.6 Å². The maximum Gasteiger partial charge on any atom is 0.346 e. The van der Waals surface area contributed by atoms with E-state index in [1.165, 1.54) is 7.11 Å². The zero-order valence-electron chi connectivity index (χ0n) is 11.7. The summed E-state index contributed by atoms with van der Waals surface area (Å²) in [5.74, 6) is -9.16. The summed E-state index contributed by atoms with van der Waals surface area (Å²) < 4.78 is 89.7. The van der Waals surface area contributed by atoms with Gasteiger partial charge < -0.3 is 14.6 Å². The van der Waals surface area contributed by atoms with Gasteiger partial charge in [-0.25, -0.2) is 8.78 Å². The number of ether oxygens (including phenoxy) is 2. The molecule has 1 N–H and O–H groups in total. The lowest BCUT2D eigenvalue weighted by Gasteiger charge is -2.43. The van der Waals surface area contributed by atoms with Crippen molar-refractivity contribution >= 4 is 0 Å². The molecule has 3 nitrogen and oxygen atoms in total. The van der Waals surface area contributed by atoms with Gasteiger partial charge in [0, 0.05) is 11.1 Å². The van der Waals surface area contributed by atoms with Crippen molar-refractivity contribution in [1.29, 1.82) is 0 Å². The van der Waals surface area contributed by atoms with Crippen molar-refractivity contribution in [3.05, 3.63) is 23.3 Å². The van der Waals surface area contributed by atoms with Crippen LogP contribution in [-0.2, 0) is 0 Å². The van der Waals surface area contributed by atoms with Crippen LogP contribution in [0.1, 0.15) is 29.8 Å². The Morgan fingerprint density at radius 2 is 1.70 bits per heavy atom. The molecule has 1 aromatic carbocycles. The average molecular weight is 342 g/mol. The molecule has 3 rings (SSSR count). The molecular weight excluding hydrogens is 330 g/mol. The van der Waals surface area contributed by atoms with Crippen molar-refractivity contribution in [2.45, 2.75) is 42.8 Å². The number of alkyl halides is 6. The number of rotatable bonds is 3. The Balaban J connectivity index is 1.97. The summed E-state index contributed by atoms with van der Waals surface area (Å²) in [5.41, 5.74) is -0.755. The van der Waals surface area contributed by atoms with Crippen LogP contribution in [0.15, 0.2) is 12.1 Å². The molecule has 1 saturated carbocycles. The Hall–Kier alpha value is -1.64. The summed E-state index contributed by atoms with van der Waals surface area (Å²) >= 11 is 0. The third kappa shape index (κ3) is 2.09. The number of fused-ring (bicyclic) bond motifs is 1. The second-order valence-corrected chi connectivity index (χ2v) is 5.52. The summed E-state index contributed by atoms with van der Waals surface area (Å²) in [6, 6.07) is 2.19. The lowest BCUT2D eigenvalue weighted by atomic mass is 9.85. The van der Waals surface area contributed by atoms with Gasteiger partial charge in [-0.3, -0.25) is 0 Å². The van der Waals surface area contributed by atoms with Crippen LogP contribution in [0.2, 0.25) is 0 Å². The molecule has 23 heavy (non-hydrogen) atoms. The lowest BCUT2D eigenvalue weighted by Crippen LogP contribution is -2.64. The van der Waals surface area contributed by atoms with Crippen LogP contribution in [-0.4, -0.2) is 36.3 Å². The van der Waals surface area contributed by atoms with Crippen LogP contribution < -0.4 is 9.47 Å². The van der Waals surface area contributed by atoms with E-state index in [1.54, 1.807) is 0 Å². The first kappa shape index (κ1) is 16.2. The predicted molar refractivity (Wildman–Crippen MR) is 65.6 cm³/mol. The number of aliphatic hydroxyl groups excluding tert-OH is 1. The second kappa shape index (κ2) is 4.93. The third-order valence-corrected chi connectivity index (χ3v) is 4.18. The smallest absolute Gasteiger partial charge is 0.346 e. The Labute approximate surface area is 126 Å². The molecule has 0 radical (unpaired) electrons. The highest BCUT2D eigenvalue weighted by atomic mass is 19.3. The van der Waals surface area contributed by atoms with Crippen molar-refractivity contribution in [2.75, 3.05) is 7.11 Å². The number of halogens is 6. The Bertz CT molecular complexity index is 635. The zero-order valence-corrected chi connectivity index (χ0v) is 11.7. The van der Waals surface area contributed by atoms with Crippen LogP contribution in [0.25, 0.3) is 0 Å². The molecule has 1 aromatic rings. The minimum Gasteiger partial charge on any atom is -0.496 e. The van der Waals surface area contributed by atoms with Gasteiger partial charge >= 0.3 is 11.8 Å². The Kier molecular flexibility index (Phi) is 3.48. The summed E-state index contributed by atoms with van der Waals surface area (Å²) in [4.78, 5) is 0. The third-order valence-electron chi connectivity index (χ3n) is 4.18. The highest BCUT2D eigenvalue weighted by Crippen LogP contribution is 2.55. The summed E-state index contributed by atoms with van der Waals surface area (Å²) in [5, 5.41) is 9.73. The zero-order chi connectivity index (χ0) is 17.2. The molecule has 0 bridgehead atoms. The van der Waals surface area contributed by atoms with Gasteiger partial charge in [-0.15, -0.1) is 0 Å². The predicted octanol–water partition coefficient (Wildman–Crippen LogP) is 3.51. The van der Waals surface area contributed by atoms with Crippen molar-refractivity contribution < 1.29 is 40.9 Å². The van der Waals surface area contributed by atoms with Crippen molar-refractivity contribution in [2.24, 2.45) is 0 Å². The first-order valence-electron chi connectivity index (χ1n) is 6.71. The molecule has 0 aliphatic heterocycles. The average Bonchev–Trinajstić information content (AvgIpc) is 2.72. The fourth-order valence-corrected chi connectivity index (χ4v) is 2.82. The van der Waals surface area contributed by atoms with E-state index >= 15 is 0 Å². The number of benzene rings is 1. The number of methoxy groups -OCH3 is 1. The molecule has 9 heteroatoms. The van der Waals surface area contributed by atoms with E-state index in [1.807, 2.05) is 0 Å². The molecule has 0 aromatic heterocycles. The minimum atomic E-state index is -4.40. The van der Waals surface area contributed by atoms with E-state index in [4.69, 9.17) is 9.47 Å². The van der Waals surface area contributed by atoms with E-state index in [2.05, 4.69) is 0 Å². The molecule has 0 saturated heterocycles. The van der Waals surface area contributed by atoms with Crippen molar-refractivity contribution in [3.63, 3.8) is 0 Å². The molecule has 4 atom stereocenters. The normalized spacial score (nSPS) is 33.7. The molecule has 2 aliphatic rings. The van der Waals surface area contributed by atoms with E-state index in [0.29, 0.717) is 0 Å². The summed E-state index contributed by atoms with van der Waals surface area (Å²) in [7, 11) is 1.20. The molecule has 128 valence electrons. The summed E-state index contributed by atoms with van der Waals surface area (Å²) in [6.45, 7) is 0. The van der Waals surface area contributed by atoms with E-state index in [-0.39, 0.29) is 11.3 Å². The molecular formula is C14H12F6O3. The minimum absolute atomic E-state index is 0.0478. The fraction of sp³-hybridized carbons (Fsp3) is 0.571. The van der Waals surface area contributed by atoms with Crippen LogP contribution >= 0.6 is 0 Å². The molecule has 2 aliphatic carbocycles. The highest BCUT2D eigenvalue weighted by molar-refractivity contribution is 5.55.